The van der Waals surface area contributed by atoms with Gasteiger partial charge in [-0.2, -0.15) is 0 Å². The average Bonchev–Trinajstić information content (AvgIpc) is 2.97. The van der Waals surface area contributed by atoms with E-state index in [9.17, 15) is 4.79 Å². The Labute approximate surface area is 172 Å². The van der Waals surface area contributed by atoms with E-state index >= 15 is 0 Å². The maximum atomic E-state index is 11.9. The zero-order valence-corrected chi connectivity index (χ0v) is 18.3. The molecule has 8 heteroatoms. The molecule has 1 aliphatic heterocycles. The summed E-state index contributed by atoms with van der Waals surface area (Å²) >= 11 is 0. The quantitative estimate of drug-likeness (QED) is 0.305. The first kappa shape index (κ1) is 22.3. The number of halogens is 1. The number of carbonyl (C=O) groups is 1. The van der Waals surface area contributed by atoms with Gasteiger partial charge in [-0.15, -0.1) is 24.0 Å². The van der Waals surface area contributed by atoms with Crippen LogP contribution < -0.4 is 14.8 Å². The van der Waals surface area contributed by atoms with E-state index in [4.69, 9.17) is 14.2 Å². The molecule has 7 nitrogen and oxygen atoms in total. The molecule has 0 radical (unpaired) electrons. The number of rotatable bonds is 5. The smallest absolute Gasteiger partial charge is 0.328 e. The maximum absolute atomic E-state index is 11.9. The third kappa shape index (κ3) is 6.89. The predicted molar refractivity (Wildman–Crippen MR) is 111 cm³/mol. The zero-order valence-electron chi connectivity index (χ0n) is 16.0. The van der Waals surface area contributed by atoms with Crippen LogP contribution >= 0.6 is 24.0 Å². The molecule has 2 rings (SSSR count). The van der Waals surface area contributed by atoms with Gasteiger partial charge in [-0.1, -0.05) is 6.07 Å². The van der Waals surface area contributed by atoms with Gasteiger partial charge in [0.2, 0.25) is 6.79 Å². The lowest BCUT2D eigenvalue weighted by Crippen LogP contribution is -2.39. The third-order valence-electron chi connectivity index (χ3n) is 3.33. The van der Waals surface area contributed by atoms with Crippen molar-refractivity contribution in [2.24, 2.45) is 4.99 Å². The number of nitrogens with zero attached hydrogens (tertiary/aromatic N) is 2. The standard InChI is InChI=1S/C18H27N3O4.HI/c1-6-19-17(20-10-16(22)25-18(2,3)4)21(5)11-13-7-8-14-15(9-13)24-12-23-14;/h7-9H,6,10-12H2,1-5H3,(H,19,20);1H. The van der Waals surface area contributed by atoms with Crippen molar-refractivity contribution >= 4 is 35.9 Å². The summed E-state index contributed by atoms with van der Waals surface area (Å²) in [6.45, 7) is 9.06. The Kier molecular flexibility index (Phi) is 8.45. The fourth-order valence-corrected chi connectivity index (χ4v) is 2.37. The van der Waals surface area contributed by atoms with E-state index < -0.39 is 5.60 Å². The summed E-state index contributed by atoms with van der Waals surface area (Å²) in [4.78, 5) is 18.2. The highest BCUT2D eigenvalue weighted by Crippen LogP contribution is 2.32. The third-order valence-corrected chi connectivity index (χ3v) is 3.33. The van der Waals surface area contributed by atoms with Gasteiger partial charge in [0.05, 0.1) is 0 Å². The molecule has 0 unspecified atom stereocenters. The molecule has 0 saturated heterocycles. The van der Waals surface area contributed by atoms with Gasteiger partial charge in [-0.25, -0.2) is 4.99 Å². The molecule has 26 heavy (non-hydrogen) atoms. The highest BCUT2D eigenvalue weighted by molar-refractivity contribution is 14.0. The molecular weight excluding hydrogens is 449 g/mol. The fourth-order valence-electron chi connectivity index (χ4n) is 2.37. The minimum Gasteiger partial charge on any atom is -0.459 e. The van der Waals surface area contributed by atoms with E-state index in [1.165, 1.54) is 0 Å². The van der Waals surface area contributed by atoms with Crippen LogP contribution in [0.5, 0.6) is 11.5 Å². The molecule has 0 amide bonds. The van der Waals surface area contributed by atoms with Crippen molar-refractivity contribution in [2.75, 3.05) is 26.9 Å². The summed E-state index contributed by atoms with van der Waals surface area (Å²) in [5, 5.41) is 3.19. The van der Waals surface area contributed by atoms with E-state index in [2.05, 4.69) is 10.3 Å². The van der Waals surface area contributed by atoms with Gasteiger partial charge < -0.3 is 24.4 Å². The van der Waals surface area contributed by atoms with Crippen LogP contribution in [-0.2, 0) is 16.1 Å². The highest BCUT2D eigenvalue weighted by Gasteiger charge is 2.17. The van der Waals surface area contributed by atoms with E-state index in [0.29, 0.717) is 19.0 Å². The number of benzene rings is 1. The Hall–Kier alpha value is -1.71. The molecule has 0 aliphatic carbocycles. The van der Waals surface area contributed by atoms with Gasteiger partial charge in [-0.3, -0.25) is 4.79 Å². The Balaban J connectivity index is 0.00000338. The number of carbonyl (C=O) groups excluding carboxylic acids is 1. The van der Waals surface area contributed by atoms with Crippen molar-refractivity contribution in [1.29, 1.82) is 0 Å². The molecule has 1 heterocycles. The van der Waals surface area contributed by atoms with Gasteiger partial charge in [0.15, 0.2) is 17.5 Å². The number of guanidine groups is 1. The summed E-state index contributed by atoms with van der Waals surface area (Å²) in [6, 6.07) is 5.84. The zero-order chi connectivity index (χ0) is 18.4. The molecular formula is C18H28IN3O4. The number of aliphatic imine (C=N–C) groups is 1. The molecule has 0 atom stereocenters. The first-order valence-electron chi connectivity index (χ1n) is 8.38. The van der Waals surface area contributed by atoms with Gasteiger partial charge in [0.1, 0.15) is 12.1 Å². The lowest BCUT2D eigenvalue weighted by Gasteiger charge is -2.23. The Bertz CT molecular complexity index is 644. The van der Waals surface area contributed by atoms with Gasteiger partial charge >= 0.3 is 5.97 Å². The van der Waals surface area contributed by atoms with Gasteiger partial charge in [-0.05, 0) is 45.4 Å². The summed E-state index contributed by atoms with van der Waals surface area (Å²) in [5.41, 5.74) is 0.554. The Morgan fingerprint density at radius 3 is 2.65 bits per heavy atom. The molecule has 1 aromatic carbocycles. The van der Waals surface area contributed by atoms with Crippen LogP contribution in [0.3, 0.4) is 0 Å². The lowest BCUT2D eigenvalue weighted by molar-refractivity contribution is -0.152. The molecule has 0 fully saturated rings. The molecule has 146 valence electrons. The number of hydrogen-bond acceptors (Lipinski definition) is 5. The largest absolute Gasteiger partial charge is 0.459 e. The summed E-state index contributed by atoms with van der Waals surface area (Å²) in [7, 11) is 1.92. The number of esters is 1. The van der Waals surface area contributed by atoms with Crippen molar-refractivity contribution in [1.82, 2.24) is 10.2 Å². The van der Waals surface area contributed by atoms with Crippen LogP contribution in [-0.4, -0.2) is 49.4 Å². The molecule has 1 N–H and O–H groups in total. The van der Waals surface area contributed by atoms with Gasteiger partial charge in [0, 0.05) is 20.1 Å². The van der Waals surface area contributed by atoms with Crippen molar-refractivity contribution in [3.63, 3.8) is 0 Å². The topological polar surface area (TPSA) is 72.4 Å². The monoisotopic (exact) mass is 477 g/mol. The molecule has 1 aromatic rings. The fraction of sp³-hybridized carbons (Fsp3) is 0.556. The predicted octanol–water partition coefficient (Wildman–Crippen LogP) is 2.77. The van der Waals surface area contributed by atoms with Crippen LogP contribution in [0.25, 0.3) is 0 Å². The molecule has 0 saturated carbocycles. The second kappa shape index (κ2) is 9.84. The molecule has 0 spiro atoms. The van der Waals surface area contributed by atoms with Gasteiger partial charge in [0.25, 0.3) is 0 Å². The summed E-state index contributed by atoms with van der Waals surface area (Å²) in [5.74, 6) is 1.81. The van der Waals surface area contributed by atoms with Crippen molar-refractivity contribution in [2.45, 2.75) is 39.8 Å². The molecule has 0 aromatic heterocycles. The average molecular weight is 477 g/mol. The van der Waals surface area contributed by atoms with Crippen LogP contribution in [0.1, 0.15) is 33.3 Å². The maximum Gasteiger partial charge on any atom is 0.328 e. The van der Waals surface area contributed by atoms with Crippen molar-refractivity contribution in [3.8, 4) is 11.5 Å². The highest BCUT2D eigenvalue weighted by atomic mass is 127. The van der Waals surface area contributed by atoms with Crippen LogP contribution in [0.4, 0.5) is 0 Å². The normalized spacial score (nSPS) is 13.0. The Morgan fingerprint density at radius 1 is 1.31 bits per heavy atom. The lowest BCUT2D eigenvalue weighted by atomic mass is 10.2. The number of fused-ring (bicyclic) bond motifs is 1. The number of hydrogen-bond donors (Lipinski definition) is 1. The van der Waals surface area contributed by atoms with E-state index in [1.54, 1.807) is 0 Å². The van der Waals surface area contributed by atoms with E-state index in [1.807, 2.05) is 57.8 Å². The first-order valence-corrected chi connectivity index (χ1v) is 8.38. The summed E-state index contributed by atoms with van der Waals surface area (Å²) in [6.07, 6.45) is 0. The first-order chi connectivity index (χ1) is 11.8. The second-order valence-corrected chi connectivity index (χ2v) is 6.80. The van der Waals surface area contributed by atoms with Crippen LogP contribution in [0, 0.1) is 0 Å². The molecule has 0 bridgehead atoms. The SMILES string of the molecule is CCNC(=NCC(=O)OC(C)(C)C)N(C)Cc1ccc2c(c1)OCO2.I. The van der Waals surface area contributed by atoms with E-state index in [-0.39, 0.29) is 43.3 Å². The van der Waals surface area contributed by atoms with Crippen molar-refractivity contribution < 1.29 is 19.0 Å². The Morgan fingerprint density at radius 2 is 2.00 bits per heavy atom. The second-order valence-electron chi connectivity index (χ2n) is 6.80. The van der Waals surface area contributed by atoms with E-state index in [0.717, 1.165) is 17.1 Å². The minimum absolute atomic E-state index is 0. The number of nitrogens with one attached hydrogen (secondary N) is 1. The minimum atomic E-state index is -0.511. The summed E-state index contributed by atoms with van der Waals surface area (Å²) < 4.78 is 16.0. The number of ether oxygens (including phenoxy) is 3. The van der Waals surface area contributed by atoms with Crippen molar-refractivity contribution in [3.05, 3.63) is 23.8 Å². The van der Waals surface area contributed by atoms with Crippen LogP contribution in [0.15, 0.2) is 23.2 Å². The molecule has 1 aliphatic rings. The van der Waals surface area contributed by atoms with Crippen LogP contribution in [0.2, 0.25) is 0 Å².